The number of nitrogens with zero attached hydrogens (tertiary/aromatic N) is 15. The zero-order valence-corrected chi connectivity index (χ0v) is 90.3. The summed E-state index contributed by atoms with van der Waals surface area (Å²) in [6.07, 6.45) is 24.5. The molecule has 0 amide bonds. The van der Waals surface area contributed by atoms with E-state index in [1.165, 1.54) is 68.8 Å². The average molecular weight is 2160 g/mol. The van der Waals surface area contributed by atoms with E-state index in [4.69, 9.17) is 76.5 Å². The van der Waals surface area contributed by atoms with E-state index < -0.39 is 54.0 Å². The third kappa shape index (κ3) is 24.8. The Morgan fingerprint density at radius 3 is 0.689 bits per heavy atom. The van der Waals surface area contributed by atoms with Crippen LogP contribution < -0.4 is 56.5 Å². The van der Waals surface area contributed by atoms with Crippen molar-refractivity contribution in [3.05, 3.63) is 250 Å². The molecule has 0 aliphatic carbocycles. The number of halogens is 1. The standard InChI is InChI=1S/C23H25N5OS2.C22H22N4OS2.C21H20FN5OS2.2C21H21N5OS2/c1-4-5-11-31(29)22-20(24)19-17(15-9-7-6-8-10-15)12-18(27-21(19)30-22)16-13-25-23(26-14-16)28(2)3;1-2-3-11-29(27)22-20(24)19-16(14-7-5-4-6-8-14)12-17(26-21(19)28-22)15-9-10-18(23)25-13-15;1-2-3-8-30(28)20-18(23)17-15(12-4-6-14(22)7-5-12)9-16(27-19(17)29-20)13-10-25-21(24)26-11-13;2*1-2-3-9-29(27)20-18(22)17-15(13-7-5-4-6-8-13)10-16(26-19(17)28-20)14-11-24-21(23)25-12-14/h6-10,12-14H,4-5,11,24H2,1-3H3;4-10,12-13H,2-3,11,24H2,1H3,(H2,23,25);4-7,9-11H,2-3,8,23H2,1H3,(H2,24,25,26);2*4-8,10-12H,2-3,9,22H2,1H3,(H2,23,24,25)/t;;;2*29-/m...10/s1. The first-order valence-corrected chi connectivity index (χ1v) is 58.4. The molecule has 5 atom stereocenters. The third-order valence-corrected chi connectivity index (χ3v) is 38.6. The molecule has 0 spiro atoms. The van der Waals surface area contributed by atoms with Crippen LogP contribution in [0.1, 0.15) is 98.8 Å². The molecule has 0 fully saturated rings. The van der Waals surface area contributed by atoms with Crippen LogP contribution in [0, 0.1) is 5.82 Å². The highest BCUT2D eigenvalue weighted by molar-refractivity contribution is 7.89. The minimum absolute atomic E-state index is 0.174. The van der Waals surface area contributed by atoms with E-state index in [0.717, 1.165) is 211 Å². The molecule has 0 aliphatic rings. The number of hydrogen-bond acceptors (Lipinski definition) is 34. The van der Waals surface area contributed by atoms with Crippen LogP contribution in [0.4, 0.5) is 62.4 Å². The van der Waals surface area contributed by atoms with Crippen molar-refractivity contribution in [2.75, 3.05) is 99.4 Å². The molecule has 0 saturated heterocycles. The van der Waals surface area contributed by atoms with Gasteiger partial charge in [-0.15, -0.1) is 56.7 Å². The van der Waals surface area contributed by atoms with Crippen molar-refractivity contribution >= 4 is 220 Å². The Hall–Kier alpha value is -14.2. The minimum atomic E-state index is -1.20. The van der Waals surface area contributed by atoms with Crippen molar-refractivity contribution in [2.45, 2.75) is 120 Å². The van der Waals surface area contributed by atoms with Gasteiger partial charge in [0.05, 0.1) is 111 Å². The van der Waals surface area contributed by atoms with Gasteiger partial charge in [-0.1, -0.05) is 200 Å². The summed E-state index contributed by atoms with van der Waals surface area (Å²) in [4.78, 5) is 67.1. The molecular weight excluding hydrogens is 2050 g/mol. The topological polar surface area (TPSA) is 503 Å². The van der Waals surface area contributed by atoms with Crippen LogP contribution in [0.15, 0.2) is 265 Å². The molecular formula is C108H109FN24O5S10. The van der Waals surface area contributed by atoms with E-state index in [2.05, 4.69) is 91.6 Å². The van der Waals surface area contributed by atoms with Crippen LogP contribution >= 0.6 is 56.7 Å². The molecule has 0 saturated carbocycles. The van der Waals surface area contributed by atoms with E-state index in [1.807, 2.05) is 165 Å². The molecule has 18 N–H and O–H groups in total. The zero-order valence-electron chi connectivity index (χ0n) is 82.1. The Kier molecular flexibility index (Phi) is 35.7. The van der Waals surface area contributed by atoms with Gasteiger partial charge in [-0.2, -0.15) is 0 Å². The van der Waals surface area contributed by atoms with Gasteiger partial charge < -0.3 is 56.5 Å². The fraction of sp³-hybridized carbons (Fsp3) is 0.204. The van der Waals surface area contributed by atoms with Crippen LogP contribution in [-0.2, 0) is 54.0 Å². The number of nitrogen functional groups attached to an aromatic ring is 9. The number of thiophene rings is 5. The summed E-state index contributed by atoms with van der Waals surface area (Å²) >= 11 is 6.98. The first-order valence-electron chi connectivity index (χ1n) is 47.7. The number of hydrogen-bond donors (Lipinski definition) is 9. The highest BCUT2D eigenvalue weighted by atomic mass is 32.2. The molecule has 0 bridgehead atoms. The van der Waals surface area contributed by atoms with Gasteiger partial charge in [0.15, 0.2) is 0 Å². The smallest absolute Gasteiger partial charge is 0.224 e. The quantitative estimate of drug-likeness (QED) is 0.0195. The van der Waals surface area contributed by atoms with Gasteiger partial charge in [0.1, 0.15) is 56.8 Å². The molecule has 29 nitrogen and oxygen atoms in total. The second kappa shape index (κ2) is 49.5. The van der Waals surface area contributed by atoms with Gasteiger partial charge in [0.25, 0.3) is 0 Å². The van der Waals surface area contributed by atoms with Crippen molar-refractivity contribution in [1.82, 2.24) is 69.8 Å². The van der Waals surface area contributed by atoms with E-state index >= 15 is 0 Å². The lowest BCUT2D eigenvalue weighted by Crippen LogP contribution is -2.12. The maximum atomic E-state index is 13.5. The highest BCUT2D eigenvalue weighted by Gasteiger charge is 2.29. The molecule has 5 aromatic carbocycles. The number of aromatic nitrogens is 14. The van der Waals surface area contributed by atoms with Crippen LogP contribution in [-0.4, -0.2) is 134 Å². The fourth-order valence-electron chi connectivity index (χ4n) is 15.8. The van der Waals surface area contributed by atoms with Crippen molar-refractivity contribution in [1.29, 1.82) is 0 Å². The largest absolute Gasteiger partial charge is 0.396 e. The molecule has 0 aliphatic heterocycles. The minimum Gasteiger partial charge on any atom is -0.396 e. The van der Waals surface area contributed by atoms with Crippen molar-refractivity contribution in [3.8, 4) is 112 Å². The number of nitrogens with two attached hydrogens (primary N) is 9. The summed E-state index contributed by atoms with van der Waals surface area (Å²) in [7, 11) is -1.91. The normalized spacial score (nSPS) is 12.3. The molecule has 20 aromatic rings. The highest BCUT2D eigenvalue weighted by Crippen LogP contribution is 2.50. The SMILES string of the molecule is CCCCS(=O)c1sc2nc(-c3ccc(N)nc3)cc(-c3ccccc3)c2c1N.CCCCS(=O)c1sc2nc(-c3cnc(N(C)C)nc3)cc(-c3ccccc3)c2c1N.CCCCS(=O)c1sc2nc(-c3cnc(N)nc3)cc(-c3ccc(F)cc3)c2c1N.CCCC[S@@](=O)c1sc2nc(-c3cnc(N)nc3)cc(-c3ccccc3)c2c1N.CCCC[S@](=O)c1sc2nc(-c3cnc(N)nc3)cc(-c3ccccc3)c2c1N. The van der Waals surface area contributed by atoms with Gasteiger partial charge in [-0.25, -0.2) is 74.2 Å². The first-order chi connectivity index (χ1) is 71.7. The lowest BCUT2D eigenvalue weighted by atomic mass is 10.0. The number of rotatable bonds is 31. The van der Waals surface area contributed by atoms with Crippen LogP contribution in [0.25, 0.3) is 163 Å². The number of benzene rings is 5. The van der Waals surface area contributed by atoms with Crippen molar-refractivity contribution in [3.63, 3.8) is 0 Å². The van der Waals surface area contributed by atoms with E-state index in [1.54, 1.807) is 74.0 Å². The lowest BCUT2D eigenvalue weighted by Gasteiger charge is -2.11. The Bertz CT molecular complexity index is 7740. The molecule has 15 aromatic heterocycles. The average Bonchev–Trinajstić information content (AvgIpc) is 1.63. The van der Waals surface area contributed by atoms with Gasteiger partial charge in [0.2, 0.25) is 23.8 Å². The molecule has 0 radical (unpaired) electrons. The third-order valence-electron chi connectivity index (χ3n) is 23.6. The molecule has 40 heteroatoms. The Morgan fingerprint density at radius 2 is 0.473 bits per heavy atom. The first kappa shape index (κ1) is 107. The van der Waals surface area contributed by atoms with Crippen LogP contribution in [0.2, 0.25) is 0 Å². The van der Waals surface area contributed by atoms with E-state index in [-0.39, 0.29) is 23.7 Å². The summed E-state index contributed by atoms with van der Waals surface area (Å²) in [6.45, 7) is 10.4. The Balaban J connectivity index is 0.000000132. The molecule has 758 valence electrons. The summed E-state index contributed by atoms with van der Waals surface area (Å²) in [5.41, 5.74) is 74.9. The van der Waals surface area contributed by atoms with Gasteiger partial charge >= 0.3 is 0 Å². The molecule has 15 heterocycles. The van der Waals surface area contributed by atoms with Crippen LogP contribution in [0.5, 0.6) is 0 Å². The van der Waals surface area contributed by atoms with E-state index in [9.17, 15) is 25.4 Å². The fourth-order valence-corrected chi connectivity index (χ4v) is 29.8. The number of fused-ring (bicyclic) bond motifs is 5. The maximum Gasteiger partial charge on any atom is 0.224 e. The van der Waals surface area contributed by atoms with E-state index in [0.29, 0.717) is 106 Å². The summed E-state index contributed by atoms with van der Waals surface area (Å²) in [5.74, 6) is 4.37. The number of unbranched alkanes of at least 4 members (excludes halogenated alkanes) is 5. The summed E-state index contributed by atoms with van der Waals surface area (Å²) in [5, 5.41) is 4.16. The Morgan fingerprint density at radius 1 is 0.264 bits per heavy atom. The summed E-state index contributed by atoms with van der Waals surface area (Å²) in [6, 6.07) is 59.9. The predicted molar refractivity (Wildman–Crippen MR) is 618 cm³/mol. The number of pyridine rings is 6. The second-order valence-electron chi connectivity index (χ2n) is 34.3. The molecule has 20 rings (SSSR count). The number of anilines is 10. The van der Waals surface area contributed by atoms with Crippen LogP contribution in [0.3, 0.4) is 0 Å². The van der Waals surface area contributed by atoms with Gasteiger partial charge in [-0.05, 0) is 142 Å². The monoisotopic (exact) mass is 2160 g/mol. The Labute approximate surface area is 888 Å². The summed E-state index contributed by atoms with van der Waals surface area (Å²) < 4.78 is 81.1. The van der Waals surface area contributed by atoms with Gasteiger partial charge in [0, 0.05) is 153 Å². The lowest BCUT2D eigenvalue weighted by molar-refractivity contribution is 0.628. The maximum absolute atomic E-state index is 13.5. The van der Waals surface area contributed by atoms with Crippen molar-refractivity contribution in [2.24, 2.45) is 0 Å². The molecule has 3 unspecified atom stereocenters. The predicted octanol–water partition coefficient (Wildman–Crippen LogP) is 23.7. The van der Waals surface area contributed by atoms with Crippen molar-refractivity contribution < 1.29 is 25.4 Å². The second-order valence-corrected chi connectivity index (χ2v) is 48.1. The zero-order chi connectivity index (χ0) is 104. The molecule has 148 heavy (non-hydrogen) atoms. The van der Waals surface area contributed by atoms with Gasteiger partial charge in [-0.3, -0.25) is 21.0 Å².